The number of hydrogen-bond acceptors (Lipinski definition) is 3. The smallest absolute Gasteiger partial charge is 0.207 e. The van der Waals surface area contributed by atoms with Crippen molar-refractivity contribution in [3.8, 4) is 11.5 Å². The topological polar surface area (TPSA) is 35.5 Å². The normalized spacial score (nSPS) is 15.4. The van der Waals surface area contributed by atoms with Gasteiger partial charge in [0, 0.05) is 0 Å². The van der Waals surface area contributed by atoms with Gasteiger partial charge in [-0.3, -0.25) is 4.79 Å². The number of carbonyl (C=O) groups is 1. The molecule has 1 aliphatic rings. The molecule has 0 radical (unpaired) electrons. The van der Waals surface area contributed by atoms with Gasteiger partial charge in [-0.1, -0.05) is 32.1 Å². The van der Waals surface area contributed by atoms with Crippen LogP contribution in [0.25, 0.3) is 6.08 Å². The van der Waals surface area contributed by atoms with Crippen LogP contribution in [0, 0.1) is 5.92 Å². The van der Waals surface area contributed by atoms with Gasteiger partial charge >= 0.3 is 0 Å². The van der Waals surface area contributed by atoms with Crippen LogP contribution in [0.5, 0.6) is 11.5 Å². The molecular weight excluding hydrogens is 216 g/mol. The number of allylic oxidation sites excluding steroid dienone is 1. The number of carbonyl (C=O) groups excluding carboxylic acids is 1. The first kappa shape index (κ1) is 11.7. The Morgan fingerprint density at radius 3 is 2.59 bits per heavy atom. The largest absolute Gasteiger partial charge is 0.482 e. The molecule has 0 spiro atoms. The van der Waals surface area contributed by atoms with Gasteiger partial charge in [-0.05, 0) is 23.6 Å². The molecule has 2 rings (SSSR count). The van der Waals surface area contributed by atoms with Crippen LogP contribution in [-0.2, 0) is 4.79 Å². The Balaban J connectivity index is 2.22. The predicted octanol–water partition coefficient (Wildman–Crippen LogP) is 2.70. The van der Waals surface area contributed by atoms with Gasteiger partial charge in [-0.25, -0.2) is 0 Å². The maximum absolute atomic E-state index is 11.2. The monoisotopic (exact) mass is 232 g/mol. The van der Waals surface area contributed by atoms with Crippen LogP contribution in [-0.4, -0.2) is 19.0 Å². The lowest BCUT2D eigenvalue weighted by Gasteiger charge is -2.07. The van der Waals surface area contributed by atoms with Crippen molar-refractivity contribution in [3.05, 3.63) is 29.8 Å². The van der Waals surface area contributed by atoms with E-state index in [4.69, 9.17) is 9.47 Å². The van der Waals surface area contributed by atoms with Gasteiger partial charge in [0.25, 0.3) is 0 Å². The van der Waals surface area contributed by atoms with E-state index in [0.29, 0.717) is 17.4 Å². The molecule has 1 heterocycles. The Morgan fingerprint density at radius 2 is 1.88 bits per heavy atom. The van der Waals surface area contributed by atoms with Crippen molar-refractivity contribution >= 4 is 11.9 Å². The maximum atomic E-state index is 11.2. The van der Waals surface area contributed by atoms with E-state index in [2.05, 4.69) is 19.9 Å². The summed E-state index contributed by atoms with van der Waals surface area (Å²) in [5.41, 5.74) is 1.05. The summed E-state index contributed by atoms with van der Waals surface area (Å²) in [6.07, 6.45) is 4.16. The summed E-state index contributed by atoms with van der Waals surface area (Å²) in [4.78, 5) is 11.2. The van der Waals surface area contributed by atoms with E-state index < -0.39 is 0 Å². The SMILES string of the molecule is CC(C)C=Cc1ccc2c(c1)OCC(=O)CO2. The van der Waals surface area contributed by atoms with Crippen molar-refractivity contribution in [2.24, 2.45) is 5.92 Å². The van der Waals surface area contributed by atoms with Gasteiger partial charge < -0.3 is 9.47 Å². The molecule has 1 aliphatic heterocycles. The molecule has 0 bridgehead atoms. The highest BCUT2D eigenvalue weighted by molar-refractivity contribution is 5.82. The molecule has 3 nitrogen and oxygen atoms in total. The second kappa shape index (κ2) is 5.04. The Labute approximate surface area is 101 Å². The number of ether oxygens (including phenoxy) is 2. The molecule has 1 aromatic rings. The number of rotatable bonds is 2. The third-order valence-electron chi connectivity index (χ3n) is 2.42. The van der Waals surface area contributed by atoms with Crippen molar-refractivity contribution in [1.82, 2.24) is 0 Å². The highest BCUT2D eigenvalue weighted by Gasteiger charge is 2.14. The minimum Gasteiger partial charge on any atom is -0.482 e. The van der Waals surface area contributed by atoms with Gasteiger partial charge in [-0.15, -0.1) is 0 Å². The molecule has 0 atom stereocenters. The van der Waals surface area contributed by atoms with Crippen molar-refractivity contribution < 1.29 is 14.3 Å². The van der Waals surface area contributed by atoms with Gasteiger partial charge in [-0.2, -0.15) is 0 Å². The minimum absolute atomic E-state index is 0.0412. The number of Topliss-reactive ketones (excluding diaryl/α,β-unsaturated/α-hetero) is 1. The quantitative estimate of drug-likeness (QED) is 0.786. The first-order valence-corrected chi connectivity index (χ1v) is 5.74. The second-order valence-corrected chi connectivity index (χ2v) is 4.43. The number of benzene rings is 1. The molecule has 90 valence electrons. The summed E-state index contributed by atoms with van der Waals surface area (Å²) >= 11 is 0. The van der Waals surface area contributed by atoms with Gasteiger partial charge in [0.2, 0.25) is 5.78 Å². The zero-order valence-electron chi connectivity index (χ0n) is 10.1. The Bertz CT molecular complexity index is 447. The van der Waals surface area contributed by atoms with Crippen LogP contribution in [0.2, 0.25) is 0 Å². The Morgan fingerprint density at radius 1 is 1.18 bits per heavy atom. The summed E-state index contributed by atoms with van der Waals surface area (Å²) in [6.45, 7) is 4.43. The third kappa shape index (κ3) is 3.09. The average molecular weight is 232 g/mol. The zero-order valence-corrected chi connectivity index (χ0v) is 10.1. The van der Waals surface area contributed by atoms with Gasteiger partial charge in [0.15, 0.2) is 24.7 Å². The fourth-order valence-corrected chi connectivity index (χ4v) is 1.52. The fraction of sp³-hybridized carbons (Fsp3) is 0.357. The molecule has 0 aliphatic carbocycles. The molecule has 17 heavy (non-hydrogen) atoms. The van der Waals surface area contributed by atoms with Crippen LogP contribution < -0.4 is 9.47 Å². The molecular formula is C14H16O3. The molecule has 0 aromatic heterocycles. The van der Waals surface area contributed by atoms with Crippen LogP contribution in [0.15, 0.2) is 24.3 Å². The predicted molar refractivity (Wildman–Crippen MR) is 66.3 cm³/mol. The second-order valence-electron chi connectivity index (χ2n) is 4.43. The van der Waals surface area contributed by atoms with Crippen LogP contribution in [0.1, 0.15) is 19.4 Å². The standard InChI is InChI=1S/C14H16O3/c1-10(2)3-4-11-5-6-13-14(7-11)17-9-12(15)8-16-13/h3-7,10H,8-9H2,1-2H3. The first-order chi connectivity index (χ1) is 8.15. The molecule has 0 saturated heterocycles. The van der Waals surface area contributed by atoms with Gasteiger partial charge in [0.1, 0.15) is 0 Å². The minimum atomic E-state index is -0.0412. The highest BCUT2D eigenvalue weighted by atomic mass is 16.5. The van der Waals surface area contributed by atoms with Crippen molar-refractivity contribution in [1.29, 1.82) is 0 Å². The van der Waals surface area contributed by atoms with E-state index >= 15 is 0 Å². The number of fused-ring (bicyclic) bond motifs is 1. The third-order valence-corrected chi connectivity index (χ3v) is 2.42. The van der Waals surface area contributed by atoms with Crippen LogP contribution >= 0.6 is 0 Å². The van der Waals surface area contributed by atoms with Crippen molar-refractivity contribution in [2.45, 2.75) is 13.8 Å². The first-order valence-electron chi connectivity index (χ1n) is 5.74. The molecule has 0 saturated carbocycles. The van der Waals surface area contributed by atoms with E-state index in [1.54, 1.807) is 0 Å². The molecule has 0 unspecified atom stereocenters. The molecule has 0 amide bonds. The van der Waals surface area contributed by atoms with E-state index in [9.17, 15) is 4.79 Å². The fourth-order valence-electron chi connectivity index (χ4n) is 1.52. The summed E-state index contributed by atoms with van der Waals surface area (Å²) in [7, 11) is 0. The number of ketones is 1. The lowest BCUT2D eigenvalue weighted by molar-refractivity contribution is -0.122. The van der Waals surface area contributed by atoms with E-state index in [-0.39, 0.29) is 19.0 Å². The summed E-state index contributed by atoms with van der Waals surface area (Å²) < 4.78 is 10.7. The summed E-state index contributed by atoms with van der Waals surface area (Å²) in [6, 6.07) is 5.69. The van der Waals surface area contributed by atoms with E-state index in [1.807, 2.05) is 24.3 Å². The summed E-state index contributed by atoms with van der Waals surface area (Å²) in [5, 5.41) is 0. The summed E-state index contributed by atoms with van der Waals surface area (Å²) in [5.74, 6) is 1.74. The Kier molecular flexibility index (Phi) is 3.47. The lowest BCUT2D eigenvalue weighted by Crippen LogP contribution is -2.15. The average Bonchev–Trinajstić information content (AvgIpc) is 2.49. The van der Waals surface area contributed by atoms with Gasteiger partial charge in [0.05, 0.1) is 0 Å². The lowest BCUT2D eigenvalue weighted by atomic mass is 10.1. The van der Waals surface area contributed by atoms with E-state index in [0.717, 1.165) is 5.56 Å². The van der Waals surface area contributed by atoms with Crippen molar-refractivity contribution in [3.63, 3.8) is 0 Å². The molecule has 1 aromatic carbocycles. The highest BCUT2D eigenvalue weighted by Crippen LogP contribution is 2.30. The maximum Gasteiger partial charge on any atom is 0.207 e. The molecule has 0 fully saturated rings. The van der Waals surface area contributed by atoms with Crippen molar-refractivity contribution in [2.75, 3.05) is 13.2 Å². The Hall–Kier alpha value is -1.77. The van der Waals surface area contributed by atoms with E-state index in [1.165, 1.54) is 0 Å². The molecule has 3 heteroatoms. The molecule has 0 N–H and O–H groups in total. The van der Waals surface area contributed by atoms with Crippen LogP contribution in [0.4, 0.5) is 0 Å². The zero-order chi connectivity index (χ0) is 12.3. The number of hydrogen-bond donors (Lipinski definition) is 0. The van der Waals surface area contributed by atoms with Crippen LogP contribution in [0.3, 0.4) is 0 Å².